The second-order valence-corrected chi connectivity index (χ2v) is 5.27. The van der Waals surface area contributed by atoms with Crippen LogP contribution in [0.2, 0.25) is 0 Å². The topological polar surface area (TPSA) is 84.6 Å². The lowest BCUT2D eigenvalue weighted by Crippen LogP contribution is -2.19. The number of amides is 1. The molecule has 0 aromatic heterocycles. The minimum absolute atomic E-state index is 0.0130. The third-order valence-corrected chi connectivity index (χ3v) is 3.42. The standard InChI is InChI=1S/C17H17N3O3/c1-11-5-4-6-14(9-11)13(3)18-19-17(21)15-7-8-16(20(22)23)12(2)10-15/h4-10H,1-3H3,(H,19,21). The number of nitro groups is 1. The highest BCUT2D eigenvalue weighted by Crippen LogP contribution is 2.18. The lowest BCUT2D eigenvalue weighted by molar-refractivity contribution is -0.385. The number of hydrogen-bond acceptors (Lipinski definition) is 4. The van der Waals surface area contributed by atoms with Crippen molar-refractivity contribution in [2.45, 2.75) is 20.8 Å². The largest absolute Gasteiger partial charge is 0.272 e. The van der Waals surface area contributed by atoms with E-state index in [-0.39, 0.29) is 5.69 Å². The average Bonchev–Trinajstić information content (AvgIpc) is 2.51. The first-order valence-corrected chi connectivity index (χ1v) is 7.05. The van der Waals surface area contributed by atoms with E-state index in [1.165, 1.54) is 18.2 Å². The molecule has 0 atom stereocenters. The van der Waals surface area contributed by atoms with E-state index in [0.29, 0.717) is 16.8 Å². The van der Waals surface area contributed by atoms with E-state index in [1.807, 2.05) is 31.2 Å². The number of nitrogens with one attached hydrogen (secondary N) is 1. The molecule has 6 nitrogen and oxygen atoms in total. The van der Waals surface area contributed by atoms with Gasteiger partial charge in [0.1, 0.15) is 0 Å². The molecule has 2 rings (SSSR count). The molecule has 0 fully saturated rings. The van der Waals surface area contributed by atoms with Crippen LogP contribution in [0, 0.1) is 24.0 Å². The van der Waals surface area contributed by atoms with Crippen LogP contribution in [0.3, 0.4) is 0 Å². The van der Waals surface area contributed by atoms with Gasteiger partial charge in [0.05, 0.1) is 10.6 Å². The highest BCUT2D eigenvalue weighted by atomic mass is 16.6. The maximum Gasteiger partial charge on any atom is 0.272 e. The van der Waals surface area contributed by atoms with Crippen molar-refractivity contribution in [1.82, 2.24) is 5.43 Å². The Morgan fingerprint density at radius 2 is 1.87 bits per heavy atom. The molecule has 2 aromatic carbocycles. The van der Waals surface area contributed by atoms with Crippen molar-refractivity contribution in [3.8, 4) is 0 Å². The zero-order valence-electron chi connectivity index (χ0n) is 13.2. The van der Waals surface area contributed by atoms with Crippen LogP contribution in [-0.2, 0) is 0 Å². The van der Waals surface area contributed by atoms with E-state index in [4.69, 9.17) is 0 Å². The maximum atomic E-state index is 12.1. The molecule has 0 radical (unpaired) electrons. The lowest BCUT2D eigenvalue weighted by atomic mass is 10.1. The Balaban J connectivity index is 2.14. The fourth-order valence-electron chi connectivity index (χ4n) is 2.14. The van der Waals surface area contributed by atoms with Crippen molar-refractivity contribution in [2.75, 3.05) is 0 Å². The molecule has 0 spiro atoms. The molecule has 2 aromatic rings. The van der Waals surface area contributed by atoms with Crippen LogP contribution in [0.5, 0.6) is 0 Å². The van der Waals surface area contributed by atoms with Gasteiger partial charge in [0.2, 0.25) is 0 Å². The summed E-state index contributed by atoms with van der Waals surface area (Å²) in [6.45, 7) is 5.38. The monoisotopic (exact) mass is 311 g/mol. The number of benzene rings is 2. The van der Waals surface area contributed by atoms with Gasteiger partial charge in [-0.15, -0.1) is 0 Å². The van der Waals surface area contributed by atoms with Gasteiger partial charge in [-0.3, -0.25) is 14.9 Å². The maximum absolute atomic E-state index is 12.1. The Morgan fingerprint density at radius 3 is 2.48 bits per heavy atom. The Labute approximate surface area is 134 Å². The van der Waals surface area contributed by atoms with E-state index in [2.05, 4.69) is 10.5 Å². The molecule has 0 bridgehead atoms. The minimum Gasteiger partial charge on any atom is -0.267 e. The van der Waals surface area contributed by atoms with Crippen LogP contribution in [0.15, 0.2) is 47.6 Å². The molecule has 0 aliphatic carbocycles. The van der Waals surface area contributed by atoms with E-state index in [0.717, 1.165) is 11.1 Å². The SMILES string of the molecule is CC(=NNC(=O)c1ccc([N+](=O)[O-])c(C)c1)c1cccc(C)c1. The molecule has 1 N–H and O–H groups in total. The van der Waals surface area contributed by atoms with E-state index in [9.17, 15) is 14.9 Å². The van der Waals surface area contributed by atoms with Crippen LogP contribution >= 0.6 is 0 Å². The normalized spacial score (nSPS) is 11.2. The van der Waals surface area contributed by atoms with Gasteiger partial charge in [-0.2, -0.15) is 5.10 Å². The number of carbonyl (C=O) groups excluding carboxylic acids is 1. The number of hydrazone groups is 1. The molecular weight excluding hydrogens is 294 g/mol. The minimum atomic E-state index is -0.475. The van der Waals surface area contributed by atoms with Crippen molar-refractivity contribution in [3.63, 3.8) is 0 Å². The Bertz CT molecular complexity index is 797. The van der Waals surface area contributed by atoms with Gasteiger partial charge in [-0.05, 0) is 38.5 Å². The van der Waals surface area contributed by atoms with Crippen LogP contribution in [0.25, 0.3) is 0 Å². The van der Waals surface area contributed by atoms with Crippen LogP contribution < -0.4 is 5.43 Å². The third kappa shape index (κ3) is 4.00. The van der Waals surface area contributed by atoms with E-state index < -0.39 is 10.8 Å². The highest BCUT2D eigenvalue weighted by molar-refractivity contribution is 6.01. The van der Waals surface area contributed by atoms with Crippen LogP contribution in [0.4, 0.5) is 5.69 Å². The average molecular weight is 311 g/mol. The van der Waals surface area contributed by atoms with E-state index in [1.54, 1.807) is 13.8 Å². The summed E-state index contributed by atoms with van der Waals surface area (Å²) in [5.74, 6) is -0.407. The van der Waals surface area contributed by atoms with Gasteiger partial charge >= 0.3 is 0 Å². The zero-order valence-corrected chi connectivity index (χ0v) is 13.2. The van der Waals surface area contributed by atoms with Gasteiger partial charge in [0, 0.05) is 17.2 Å². The molecule has 0 unspecified atom stereocenters. The summed E-state index contributed by atoms with van der Waals surface area (Å²) in [6.07, 6.45) is 0. The van der Waals surface area contributed by atoms with Gasteiger partial charge in [0.25, 0.3) is 11.6 Å². The Morgan fingerprint density at radius 1 is 1.13 bits per heavy atom. The predicted molar refractivity (Wildman–Crippen MR) is 88.7 cm³/mol. The molecule has 0 aliphatic rings. The molecule has 0 heterocycles. The summed E-state index contributed by atoms with van der Waals surface area (Å²) in [5.41, 5.74) is 5.93. The summed E-state index contributed by atoms with van der Waals surface area (Å²) in [7, 11) is 0. The number of nitrogens with zero attached hydrogens (tertiary/aromatic N) is 2. The van der Waals surface area contributed by atoms with Gasteiger partial charge in [-0.25, -0.2) is 5.43 Å². The van der Waals surface area contributed by atoms with Crippen LogP contribution in [0.1, 0.15) is 34.0 Å². The Kier molecular flexibility index (Phi) is 4.85. The molecule has 6 heteroatoms. The van der Waals surface area contributed by atoms with Gasteiger partial charge < -0.3 is 0 Å². The molecule has 1 amide bonds. The number of rotatable bonds is 4. The number of aryl methyl sites for hydroxylation is 2. The van der Waals surface area contributed by atoms with Gasteiger partial charge in [-0.1, -0.05) is 29.8 Å². The molecule has 0 saturated heterocycles. The fraction of sp³-hybridized carbons (Fsp3) is 0.176. The summed E-state index contributed by atoms with van der Waals surface area (Å²) < 4.78 is 0. The number of nitro benzene ring substituents is 1. The van der Waals surface area contributed by atoms with Crippen molar-refractivity contribution in [2.24, 2.45) is 5.10 Å². The molecule has 0 aliphatic heterocycles. The first-order valence-electron chi connectivity index (χ1n) is 7.05. The van der Waals surface area contributed by atoms with Crippen LogP contribution in [-0.4, -0.2) is 16.5 Å². The number of carbonyl (C=O) groups is 1. The molecular formula is C17H17N3O3. The summed E-state index contributed by atoms with van der Waals surface area (Å²) in [4.78, 5) is 22.4. The summed E-state index contributed by atoms with van der Waals surface area (Å²) >= 11 is 0. The third-order valence-electron chi connectivity index (χ3n) is 3.42. The lowest BCUT2D eigenvalue weighted by Gasteiger charge is -2.05. The smallest absolute Gasteiger partial charge is 0.267 e. The quantitative estimate of drug-likeness (QED) is 0.533. The fourth-order valence-corrected chi connectivity index (χ4v) is 2.14. The zero-order chi connectivity index (χ0) is 17.0. The second-order valence-electron chi connectivity index (χ2n) is 5.27. The second kappa shape index (κ2) is 6.83. The Hall–Kier alpha value is -3.02. The number of hydrogen-bond donors (Lipinski definition) is 1. The molecule has 118 valence electrons. The van der Waals surface area contributed by atoms with Crippen molar-refractivity contribution in [1.29, 1.82) is 0 Å². The first kappa shape index (κ1) is 16.4. The summed E-state index contributed by atoms with van der Waals surface area (Å²) in [6, 6.07) is 12.0. The van der Waals surface area contributed by atoms with Crippen molar-refractivity contribution >= 4 is 17.3 Å². The molecule has 0 saturated carbocycles. The first-order chi connectivity index (χ1) is 10.9. The van der Waals surface area contributed by atoms with E-state index >= 15 is 0 Å². The molecule has 23 heavy (non-hydrogen) atoms. The van der Waals surface area contributed by atoms with Crippen molar-refractivity contribution in [3.05, 3.63) is 74.8 Å². The highest BCUT2D eigenvalue weighted by Gasteiger charge is 2.13. The van der Waals surface area contributed by atoms with Gasteiger partial charge in [0.15, 0.2) is 0 Å². The summed E-state index contributed by atoms with van der Waals surface area (Å²) in [5, 5.41) is 14.9. The van der Waals surface area contributed by atoms with Crippen molar-refractivity contribution < 1.29 is 9.72 Å². The predicted octanol–water partition coefficient (Wildman–Crippen LogP) is 3.37.